The van der Waals surface area contributed by atoms with E-state index in [4.69, 9.17) is 9.47 Å². The molecule has 0 fully saturated rings. The van der Waals surface area contributed by atoms with Crippen LogP contribution in [0.25, 0.3) is 22.0 Å². The highest BCUT2D eigenvalue weighted by molar-refractivity contribution is 14.1. The topological polar surface area (TPSA) is 51.3 Å². The Morgan fingerprint density at radius 2 is 1.88 bits per heavy atom. The summed E-state index contributed by atoms with van der Waals surface area (Å²) in [5, 5.41) is 1.00. The standard InChI is InChI=1S/C20H19BrINO3/c1-4-25-20(24)19-18(22)17-15(23-19)10-9-14(21)16(17)12-5-7-13(8-6-12)26-11(2)3/h5-11,23H,4H2,1-3H3. The lowest BCUT2D eigenvalue weighted by molar-refractivity contribution is 0.0519. The smallest absolute Gasteiger partial charge is 0.355 e. The van der Waals surface area contributed by atoms with Gasteiger partial charge in [0.2, 0.25) is 0 Å². The van der Waals surface area contributed by atoms with Crippen LogP contribution >= 0.6 is 38.5 Å². The van der Waals surface area contributed by atoms with E-state index in [1.807, 2.05) is 50.2 Å². The molecule has 0 amide bonds. The molecule has 1 heterocycles. The Morgan fingerprint density at radius 1 is 1.19 bits per heavy atom. The fraction of sp³-hybridized carbons (Fsp3) is 0.250. The van der Waals surface area contributed by atoms with E-state index >= 15 is 0 Å². The number of nitrogens with one attached hydrogen (secondary N) is 1. The molecule has 0 spiro atoms. The Morgan fingerprint density at radius 3 is 2.50 bits per heavy atom. The minimum absolute atomic E-state index is 0.133. The fourth-order valence-corrected chi connectivity index (χ4v) is 4.30. The van der Waals surface area contributed by atoms with E-state index in [9.17, 15) is 4.79 Å². The SMILES string of the molecule is CCOC(=O)c1[nH]c2ccc(Br)c(-c3ccc(OC(C)C)cc3)c2c1I. The zero-order chi connectivity index (χ0) is 18.8. The number of carbonyl (C=O) groups is 1. The van der Waals surface area contributed by atoms with E-state index in [0.717, 1.165) is 35.8 Å². The number of rotatable bonds is 5. The Hall–Kier alpha value is -1.54. The van der Waals surface area contributed by atoms with Crippen LogP contribution in [-0.2, 0) is 4.74 Å². The second kappa shape index (κ2) is 8.00. The van der Waals surface area contributed by atoms with E-state index in [2.05, 4.69) is 43.5 Å². The fourth-order valence-electron chi connectivity index (χ4n) is 2.82. The zero-order valence-corrected chi connectivity index (χ0v) is 18.5. The summed E-state index contributed by atoms with van der Waals surface area (Å²) < 4.78 is 12.7. The number of fused-ring (bicyclic) bond motifs is 1. The Labute approximate surface area is 174 Å². The summed E-state index contributed by atoms with van der Waals surface area (Å²) in [7, 11) is 0. The molecule has 0 saturated carbocycles. The minimum Gasteiger partial charge on any atom is -0.491 e. The van der Waals surface area contributed by atoms with Gasteiger partial charge in [-0.05, 0) is 73.2 Å². The number of halogens is 2. The number of hydrogen-bond donors (Lipinski definition) is 1. The van der Waals surface area contributed by atoms with Crippen LogP contribution in [0.2, 0.25) is 0 Å². The number of hydrogen-bond acceptors (Lipinski definition) is 3. The van der Waals surface area contributed by atoms with Crippen LogP contribution in [0.4, 0.5) is 0 Å². The summed E-state index contributed by atoms with van der Waals surface area (Å²) in [4.78, 5) is 15.4. The molecule has 6 heteroatoms. The van der Waals surface area contributed by atoms with Crippen molar-refractivity contribution in [2.75, 3.05) is 6.61 Å². The highest BCUT2D eigenvalue weighted by Crippen LogP contribution is 2.39. The third kappa shape index (κ3) is 3.76. The van der Waals surface area contributed by atoms with Gasteiger partial charge in [0.25, 0.3) is 0 Å². The van der Waals surface area contributed by atoms with Crippen LogP contribution in [0.1, 0.15) is 31.3 Å². The van der Waals surface area contributed by atoms with Crippen molar-refractivity contribution in [2.45, 2.75) is 26.9 Å². The zero-order valence-electron chi connectivity index (χ0n) is 14.7. The lowest BCUT2D eigenvalue weighted by Gasteiger charge is -2.12. The van der Waals surface area contributed by atoms with Gasteiger partial charge < -0.3 is 14.5 Å². The highest BCUT2D eigenvalue weighted by Gasteiger charge is 2.21. The van der Waals surface area contributed by atoms with Gasteiger partial charge >= 0.3 is 5.97 Å². The number of benzene rings is 2. The molecule has 26 heavy (non-hydrogen) atoms. The van der Waals surface area contributed by atoms with Gasteiger partial charge in [-0.25, -0.2) is 4.79 Å². The van der Waals surface area contributed by atoms with E-state index < -0.39 is 0 Å². The predicted molar refractivity (Wildman–Crippen MR) is 116 cm³/mol. The molecule has 0 saturated heterocycles. The van der Waals surface area contributed by atoms with Gasteiger partial charge in [-0.3, -0.25) is 0 Å². The molecule has 0 bridgehead atoms. The van der Waals surface area contributed by atoms with Gasteiger partial charge in [0.15, 0.2) is 0 Å². The summed E-state index contributed by atoms with van der Waals surface area (Å²) in [5.74, 6) is 0.499. The second-order valence-electron chi connectivity index (χ2n) is 6.07. The first-order chi connectivity index (χ1) is 12.4. The average molecular weight is 528 g/mol. The van der Waals surface area contributed by atoms with Crippen molar-refractivity contribution >= 4 is 55.4 Å². The number of aromatic nitrogens is 1. The normalized spacial score (nSPS) is 11.2. The monoisotopic (exact) mass is 527 g/mol. The molecule has 136 valence electrons. The summed E-state index contributed by atoms with van der Waals surface area (Å²) >= 11 is 5.86. The minimum atomic E-state index is -0.337. The van der Waals surface area contributed by atoms with Crippen LogP contribution in [0.5, 0.6) is 5.75 Å². The van der Waals surface area contributed by atoms with Crippen LogP contribution in [0.3, 0.4) is 0 Å². The van der Waals surface area contributed by atoms with Gasteiger partial charge in [0.05, 0.1) is 16.3 Å². The quantitative estimate of drug-likeness (QED) is 0.319. The van der Waals surface area contributed by atoms with Crippen LogP contribution in [0, 0.1) is 3.57 Å². The van der Waals surface area contributed by atoms with Crippen molar-refractivity contribution in [3.63, 3.8) is 0 Å². The Balaban J connectivity index is 2.13. The summed E-state index contributed by atoms with van der Waals surface area (Å²) in [6.07, 6.45) is 0.133. The predicted octanol–water partition coefficient (Wildman–Crippen LogP) is 6.17. The lowest BCUT2D eigenvalue weighted by atomic mass is 10.0. The van der Waals surface area contributed by atoms with E-state index in [0.29, 0.717) is 12.3 Å². The number of aromatic amines is 1. The van der Waals surface area contributed by atoms with Crippen molar-refractivity contribution in [1.29, 1.82) is 0 Å². The third-order valence-electron chi connectivity index (χ3n) is 3.85. The number of H-pyrrole nitrogens is 1. The largest absolute Gasteiger partial charge is 0.491 e. The molecule has 2 aromatic carbocycles. The van der Waals surface area contributed by atoms with E-state index in [-0.39, 0.29) is 12.1 Å². The molecule has 0 radical (unpaired) electrons. The summed E-state index contributed by atoms with van der Waals surface area (Å²) in [6.45, 7) is 6.16. The number of ether oxygens (including phenoxy) is 2. The molecule has 1 aromatic heterocycles. The maximum atomic E-state index is 12.2. The first-order valence-electron chi connectivity index (χ1n) is 8.36. The molecule has 0 aliphatic carbocycles. The number of carbonyl (C=O) groups excluding carboxylic acids is 1. The highest BCUT2D eigenvalue weighted by atomic mass is 127. The molecular formula is C20H19BrINO3. The number of esters is 1. The first kappa shape index (κ1) is 19.2. The van der Waals surface area contributed by atoms with Crippen LogP contribution in [0.15, 0.2) is 40.9 Å². The molecule has 0 aliphatic heterocycles. The van der Waals surface area contributed by atoms with Crippen molar-refractivity contribution in [3.8, 4) is 16.9 Å². The molecule has 3 rings (SSSR count). The van der Waals surface area contributed by atoms with Crippen molar-refractivity contribution in [1.82, 2.24) is 4.98 Å². The van der Waals surface area contributed by atoms with Gasteiger partial charge in [0.1, 0.15) is 11.4 Å². The van der Waals surface area contributed by atoms with Gasteiger partial charge in [-0.1, -0.05) is 28.1 Å². The molecule has 4 nitrogen and oxygen atoms in total. The van der Waals surface area contributed by atoms with Gasteiger partial charge in [-0.15, -0.1) is 0 Å². The van der Waals surface area contributed by atoms with Gasteiger partial charge in [-0.2, -0.15) is 0 Å². The van der Waals surface area contributed by atoms with Crippen LogP contribution in [-0.4, -0.2) is 23.7 Å². The van der Waals surface area contributed by atoms with E-state index in [1.165, 1.54) is 0 Å². The molecule has 0 unspecified atom stereocenters. The lowest BCUT2D eigenvalue weighted by Crippen LogP contribution is -2.06. The summed E-state index contributed by atoms with van der Waals surface area (Å²) in [6, 6.07) is 11.9. The Bertz CT molecular complexity index is 948. The van der Waals surface area contributed by atoms with E-state index in [1.54, 1.807) is 6.92 Å². The summed E-state index contributed by atoms with van der Waals surface area (Å²) in [5.41, 5.74) is 3.47. The second-order valence-corrected chi connectivity index (χ2v) is 8.00. The van der Waals surface area contributed by atoms with Crippen molar-refractivity contribution in [2.24, 2.45) is 0 Å². The van der Waals surface area contributed by atoms with Gasteiger partial charge in [0, 0.05) is 20.9 Å². The maximum Gasteiger partial charge on any atom is 0.355 e. The molecule has 0 atom stereocenters. The maximum absolute atomic E-state index is 12.2. The average Bonchev–Trinajstić information content (AvgIpc) is 2.93. The third-order valence-corrected chi connectivity index (χ3v) is 5.59. The van der Waals surface area contributed by atoms with Crippen molar-refractivity contribution in [3.05, 3.63) is 50.1 Å². The molecule has 1 N–H and O–H groups in total. The molecule has 3 aromatic rings. The van der Waals surface area contributed by atoms with Crippen LogP contribution < -0.4 is 4.74 Å². The molecule has 0 aliphatic rings. The Kier molecular flexibility index (Phi) is 5.92. The first-order valence-corrected chi connectivity index (χ1v) is 10.2. The molecular weight excluding hydrogens is 509 g/mol. The van der Waals surface area contributed by atoms with Crippen molar-refractivity contribution < 1.29 is 14.3 Å².